The van der Waals surface area contributed by atoms with Crippen molar-refractivity contribution in [1.82, 2.24) is 10.2 Å². The van der Waals surface area contributed by atoms with Crippen molar-refractivity contribution in [3.63, 3.8) is 0 Å². The van der Waals surface area contributed by atoms with Crippen LogP contribution in [-0.2, 0) is 13.0 Å². The summed E-state index contributed by atoms with van der Waals surface area (Å²) in [7, 11) is 0. The van der Waals surface area contributed by atoms with Crippen molar-refractivity contribution >= 4 is 5.69 Å². The molecule has 0 unspecified atom stereocenters. The van der Waals surface area contributed by atoms with E-state index in [0.717, 1.165) is 12.1 Å². The Morgan fingerprint density at radius 3 is 2.37 bits per heavy atom. The Kier molecular flexibility index (Phi) is 4.92. The molecule has 0 amide bonds. The Hall–Kier alpha value is -3.47. The molecule has 0 radical (unpaired) electrons. The topological polar surface area (TPSA) is 51.0 Å². The molecule has 5 heteroatoms. The average Bonchev–Trinajstić information content (AvgIpc) is 3.18. The summed E-state index contributed by atoms with van der Waals surface area (Å²) in [5.74, 6) is 0.559. The largest absolute Gasteiger partial charge is 0.419 e. The molecule has 0 spiro atoms. The zero-order valence-corrected chi connectivity index (χ0v) is 14.6. The van der Waals surface area contributed by atoms with Gasteiger partial charge in [-0.1, -0.05) is 48.5 Å². The minimum absolute atomic E-state index is 0.296. The Balaban J connectivity index is 1.46. The highest BCUT2D eigenvalue weighted by molar-refractivity contribution is 5.53. The molecule has 0 bridgehead atoms. The molecule has 1 heterocycles. The van der Waals surface area contributed by atoms with Crippen LogP contribution in [0.2, 0.25) is 0 Å². The maximum atomic E-state index is 13.0. The van der Waals surface area contributed by atoms with Gasteiger partial charge in [0.05, 0.1) is 6.54 Å². The van der Waals surface area contributed by atoms with Crippen LogP contribution < -0.4 is 5.32 Å². The lowest BCUT2D eigenvalue weighted by Crippen LogP contribution is -2.03. The van der Waals surface area contributed by atoms with E-state index in [0.29, 0.717) is 23.9 Å². The fraction of sp³-hybridized carbons (Fsp3) is 0.0909. The molecular formula is C22H18FN3O. The van der Waals surface area contributed by atoms with E-state index in [2.05, 4.69) is 33.7 Å². The standard InChI is InChI=1S/C22H18FN3O/c23-19-12-10-17(11-13-19)22-26-25-21(27-22)15-24-20-9-5-4-8-18(20)14-16-6-2-1-3-7-16/h1-13,24H,14-15H2. The van der Waals surface area contributed by atoms with Gasteiger partial charge in [-0.25, -0.2) is 4.39 Å². The van der Waals surface area contributed by atoms with Crippen LogP contribution in [0.1, 0.15) is 17.0 Å². The molecule has 0 fully saturated rings. The van der Waals surface area contributed by atoms with Crippen LogP contribution >= 0.6 is 0 Å². The number of benzene rings is 3. The number of para-hydroxylation sites is 1. The molecule has 4 nitrogen and oxygen atoms in total. The molecule has 0 saturated heterocycles. The lowest BCUT2D eigenvalue weighted by atomic mass is 10.0. The summed E-state index contributed by atoms with van der Waals surface area (Å²) in [4.78, 5) is 0. The highest BCUT2D eigenvalue weighted by atomic mass is 19.1. The second-order valence-electron chi connectivity index (χ2n) is 6.18. The number of hydrogen-bond donors (Lipinski definition) is 1. The van der Waals surface area contributed by atoms with Gasteiger partial charge in [-0.15, -0.1) is 10.2 Å². The van der Waals surface area contributed by atoms with Crippen molar-refractivity contribution in [1.29, 1.82) is 0 Å². The third kappa shape index (κ3) is 4.20. The van der Waals surface area contributed by atoms with Gasteiger partial charge < -0.3 is 9.73 Å². The number of nitrogens with one attached hydrogen (secondary N) is 1. The summed E-state index contributed by atoms with van der Waals surface area (Å²) < 4.78 is 18.7. The van der Waals surface area contributed by atoms with Crippen LogP contribution in [0, 0.1) is 5.82 Å². The van der Waals surface area contributed by atoms with Gasteiger partial charge in [-0.3, -0.25) is 0 Å². The van der Waals surface area contributed by atoms with Crippen molar-refractivity contribution in [3.8, 4) is 11.5 Å². The van der Waals surface area contributed by atoms with Crippen molar-refractivity contribution < 1.29 is 8.81 Å². The zero-order chi connectivity index (χ0) is 18.5. The predicted molar refractivity (Wildman–Crippen MR) is 103 cm³/mol. The molecule has 27 heavy (non-hydrogen) atoms. The number of aromatic nitrogens is 2. The Labute approximate surface area is 156 Å². The zero-order valence-electron chi connectivity index (χ0n) is 14.6. The van der Waals surface area contributed by atoms with E-state index < -0.39 is 0 Å². The van der Waals surface area contributed by atoms with E-state index in [1.165, 1.54) is 23.3 Å². The molecule has 4 rings (SSSR count). The number of nitrogens with zero attached hydrogens (tertiary/aromatic N) is 2. The Morgan fingerprint density at radius 2 is 1.56 bits per heavy atom. The normalized spacial score (nSPS) is 10.7. The second kappa shape index (κ2) is 7.83. The first-order valence-electron chi connectivity index (χ1n) is 8.72. The summed E-state index contributed by atoms with van der Waals surface area (Å²) >= 11 is 0. The van der Waals surface area contributed by atoms with Crippen LogP contribution in [0.4, 0.5) is 10.1 Å². The number of anilines is 1. The van der Waals surface area contributed by atoms with Crippen LogP contribution in [0.3, 0.4) is 0 Å². The lowest BCUT2D eigenvalue weighted by molar-refractivity contribution is 0.515. The van der Waals surface area contributed by atoms with E-state index in [1.807, 2.05) is 36.4 Å². The fourth-order valence-corrected chi connectivity index (χ4v) is 2.87. The third-order valence-electron chi connectivity index (χ3n) is 4.24. The molecule has 0 aliphatic carbocycles. The van der Waals surface area contributed by atoms with Crippen LogP contribution in [0.25, 0.3) is 11.5 Å². The number of rotatable bonds is 6. The Bertz CT molecular complexity index is 1010. The molecule has 0 aliphatic rings. The smallest absolute Gasteiger partial charge is 0.247 e. The van der Waals surface area contributed by atoms with E-state index in [4.69, 9.17) is 4.42 Å². The van der Waals surface area contributed by atoms with Gasteiger partial charge in [0.25, 0.3) is 0 Å². The molecule has 4 aromatic rings. The van der Waals surface area contributed by atoms with Crippen molar-refractivity contribution in [2.24, 2.45) is 0 Å². The summed E-state index contributed by atoms with van der Waals surface area (Å²) in [5.41, 5.74) is 4.17. The SMILES string of the molecule is Fc1ccc(-c2nnc(CNc3ccccc3Cc3ccccc3)o2)cc1. The predicted octanol–water partition coefficient (Wildman–Crippen LogP) is 5.08. The number of hydrogen-bond acceptors (Lipinski definition) is 4. The van der Waals surface area contributed by atoms with E-state index in [9.17, 15) is 4.39 Å². The third-order valence-corrected chi connectivity index (χ3v) is 4.24. The van der Waals surface area contributed by atoms with Crippen molar-refractivity contribution in [3.05, 3.63) is 102 Å². The first-order chi connectivity index (χ1) is 13.3. The maximum absolute atomic E-state index is 13.0. The van der Waals surface area contributed by atoms with Gasteiger partial charge in [0.15, 0.2) is 0 Å². The van der Waals surface area contributed by atoms with E-state index >= 15 is 0 Å². The Morgan fingerprint density at radius 1 is 0.815 bits per heavy atom. The molecule has 0 saturated carbocycles. The monoisotopic (exact) mass is 359 g/mol. The summed E-state index contributed by atoms with van der Waals surface area (Å²) in [6.07, 6.45) is 0.842. The molecule has 1 aromatic heterocycles. The maximum Gasteiger partial charge on any atom is 0.247 e. The van der Waals surface area contributed by atoms with Gasteiger partial charge in [0, 0.05) is 11.3 Å². The quantitative estimate of drug-likeness (QED) is 0.522. The molecule has 0 atom stereocenters. The van der Waals surface area contributed by atoms with Crippen molar-refractivity contribution in [2.75, 3.05) is 5.32 Å². The minimum Gasteiger partial charge on any atom is -0.419 e. The second-order valence-corrected chi connectivity index (χ2v) is 6.18. The van der Waals surface area contributed by atoms with Gasteiger partial charge in [0.1, 0.15) is 5.82 Å². The molecule has 3 aromatic carbocycles. The molecule has 0 aliphatic heterocycles. The van der Waals surface area contributed by atoms with Gasteiger partial charge >= 0.3 is 0 Å². The van der Waals surface area contributed by atoms with Crippen LogP contribution in [-0.4, -0.2) is 10.2 Å². The first kappa shape index (κ1) is 17.0. The average molecular weight is 359 g/mol. The number of halogens is 1. The van der Waals surface area contributed by atoms with Crippen molar-refractivity contribution in [2.45, 2.75) is 13.0 Å². The highest BCUT2D eigenvalue weighted by Crippen LogP contribution is 2.21. The first-order valence-corrected chi connectivity index (χ1v) is 8.72. The van der Waals surface area contributed by atoms with Crippen LogP contribution in [0.15, 0.2) is 83.3 Å². The minimum atomic E-state index is -0.296. The van der Waals surface area contributed by atoms with Gasteiger partial charge in [-0.2, -0.15) is 0 Å². The van der Waals surface area contributed by atoms with Crippen LogP contribution in [0.5, 0.6) is 0 Å². The summed E-state index contributed by atoms with van der Waals surface area (Å²) in [6, 6.07) is 24.5. The van der Waals surface area contributed by atoms with E-state index in [1.54, 1.807) is 12.1 Å². The fourth-order valence-electron chi connectivity index (χ4n) is 2.87. The van der Waals surface area contributed by atoms with E-state index in [-0.39, 0.29) is 5.82 Å². The molecule has 134 valence electrons. The summed E-state index contributed by atoms with van der Waals surface area (Å²) in [5, 5.41) is 11.5. The molecular weight excluding hydrogens is 341 g/mol. The lowest BCUT2D eigenvalue weighted by Gasteiger charge is -2.10. The van der Waals surface area contributed by atoms with Gasteiger partial charge in [-0.05, 0) is 47.9 Å². The molecule has 1 N–H and O–H groups in total. The van der Waals surface area contributed by atoms with Gasteiger partial charge in [0.2, 0.25) is 11.8 Å². The summed E-state index contributed by atoms with van der Waals surface area (Å²) in [6.45, 7) is 0.417. The highest BCUT2D eigenvalue weighted by Gasteiger charge is 2.09.